The summed E-state index contributed by atoms with van der Waals surface area (Å²) in [6, 6.07) is 14.9. The van der Waals surface area contributed by atoms with Gasteiger partial charge >= 0.3 is 0 Å². The molecule has 32 heavy (non-hydrogen) atoms. The van der Waals surface area contributed by atoms with Crippen LogP contribution in [0.3, 0.4) is 0 Å². The second kappa shape index (κ2) is 9.33. The SMILES string of the molecule is Cc1ccc(S(=O)(=O)Nc2ccc(NC(=O)CCc3nc(-c4ccsc4)no3)cc2)cc1. The van der Waals surface area contributed by atoms with Crippen molar-refractivity contribution in [3.05, 3.63) is 76.8 Å². The van der Waals surface area contributed by atoms with Gasteiger partial charge in [-0.1, -0.05) is 22.9 Å². The molecule has 2 aromatic carbocycles. The van der Waals surface area contributed by atoms with Crippen molar-refractivity contribution in [2.75, 3.05) is 10.0 Å². The average molecular weight is 469 g/mol. The van der Waals surface area contributed by atoms with Gasteiger partial charge in [0.15, 0.2) is 0 Å². The molecule has 0 atom stereocenters. The van der Waals surface area contributed by atoms with E-state index in [0.717, 1.165) is 11.1 Å². The molecule has 0 unspecified atom stereocenters. The van der Waals surface area contributed by atoms with Gasteiger partial charge in [-0.2, -0.15) is 16.3 Å². The molecule has 0 aliphatic rings. The van der Waals surface area contributed by atoms with E-state index >= 15 is 0 Å². The molecule has 2 aromatic heterocycles. The maximum Gasteiger partial charge on any atom is 0.261 e. The molecule has 164 valence electrons. The van der Waals surface area contributed by atoms with Crippen LogP contribution in [0.5, 0.6) is 0 Å². The van der Waals surface area contributed by atoms with Gasteiger partial charge in [0.05, 0.1) is 4.90 Å². The summed E-state index contributed by atoms with van der Waals surface area (Å²) in [5.41, 5.74) is 2.81. The molecule has 4 rings (SSSR count). The predicted molar refractivity (Wildman–Crippen MR) is 123 cm³/mol. The number of sulfonamides is 1. The first-order valence-corrected chi connectivity index (χ1v) is 12.2. The Hall–Kier alpha value is -3.50. The van der Waals surface area contributed by atoms with Crippen LogP contribution in [0.1, 0.15) is 17.9 Å². The topological polar surface area (TPSA) is 114 Å². The van der Waals surface area contributed by atoms with Crippen molar-refractivity contribution in [2.24, 2.45) is 0 Å². The fourth-order valence-corrected chi connectivity index (χ4v) is 4.56. The number of carbonyl (C=O) groups excluding carboxylic acids is 1. The van der Waals surface area contributed by atoms with Crippen LogP contribution in [0.4, 0.5) is 11.4 Å². The third kappa shape index (κ3) is 5.40. The zero-order valence-electron chi connectivity index (χ0n) is 17.1. The first-order chi connectivity index (χ1) is 15.4. The molecule has 2 heterocycles. The van der Waals surface area contributed by atoms with Crippen molar-refractivity contribution < 1.29 is 17.7 Å². The smallest absolute Gasteiger partial charge is 0.261 e. The second-order valence-electron chi connectivity index (χ2n) is 7.07. The first-order valence-electron chi connectivity index (χ1n) is 9.74. The lowest BCUT2D eigenvalue weighted by Crippen LogP contribution is -2.14. The van der Waals surface area contributed by atoms with Crippen LogP contribution >= 0.6 is 11.3 Å². The minimum atomic E-state index is -3.68. The van der Waals surface area contributed by atoms with Gasteiger partial charge in [-0.15, -0.1) is 0 Å². The van der Waals surface area contributed by atoms with Crippen LogP contribution < -0.4 is 10.0 Å². The monoisotopic (exact) mass is 468 g/mol. The predicted octanol–water partition coefficient (Wildman–Crippen LogP) is 4.48. The molecule has 0 saturated carbocycles. The molecule has 0 aliphatic carbocycles. The number of thiophene rings is 1. The summed E-state index contributed by atoms with van der Waals surface area (Å²) in [6.07, 6.45) is 0.491. The van der Waals surface area contributed by atoms with Crippen LogP contribution in [-0.4, -0.2) is 24.5 Å². The van der Waals surface area contributed by atoms with Crippen molar-refractivity contribution >= 4 is 38.6 Å². The Morgan fingerprint density at radius 3 is 2.44 bits per heavy atom. The molecule has 10 heteroatoms. The number of nitrogens with zero attached hydrogens (tertiary/aromatic N) is 2. The third-order valence-corrected chi connectivity index (χ3v) is 6.65. The van der Waals surface area contributed by atoms with Crippen LogP contribution in [0.15, 0.2) is 74.8 Å². The lowest BCUT2D eigenvalue weighted by atomic mass is 10.2. The van der Waals surface area contributed by atoms with E-state index in [2.05, 4.69) is 20.2 Å². The highest BCUT2D eigenvalue weighted by Gasteiger charge is 2.14. The number of aryl methyl sites for hydroxylation is 2. The lowest BCUT2D eigenvalue weighted by molar-refractivity contribution is -0.116. The molecular formula is C22H20N4O4S2. The van der Waals surface area contributed by atoms with Gasteiger partial charge < -0.3 is 9.84 Å². The van der Waals surface area contributed by atoms with E-state index in [9.17, 15) is 13.2 Å². The summed E-state index contributed by atoms with van der Waals surface area (Å²) in [4.78, 5) is 16.7. The average Bonchev–Trinajstić information content (AvgIpc) is 3.46. The zero-order valence-corrected chi connectivity index (χ0v) is 18.7. The summed E-state index contributed by atoms with van der Waals surface area (Å²) >= 11 is 1.54. The number of rotatable bonds is 8. The van der Waals surface area contributed by atoms with Crippen LogP contribution in [0.25, 0.3) is 11.4 Å². The zero-order chi connectivity index (χ0) is 22.6. The maximum atomic E-state index is 12.5. The maximum absolute atomic E-state index is 12.5. The number of carbonyl (C=O) groups is 1. The largest absolute Gasteiger partial charge is 0.339 e. The normalized spacial score (nSPS) is 11.3. The van der Waals surface area contributed by atoms with Crippen LogP contribution in [0, 0.1) is 6.92 Å². The second-order valence-corrected chi connectivity index (χ2v) is 9.53. The van der Waals surface area contributed by atoms with E-state index in [-0.39, 0.29) is 17.2 Å². The number of nitrogens with one attached hydrogen (secondary N) is 2. The Balaban J connectivity index is 1.30. The van der Waals surface area contributed by atoms with Crippen molar-refractivity contribution in [3.63, 3.8) is 0 Å². The van der Waals surface area contributed by atoms with Gasteiger partial charge in [-0.25, -0.2) is 8.42 Å². The van der Waals surface area contributed by atoms with E-state index in [0.29, 0.717) is 29.5 Å². The number of benzene rings is 2. The van der Waals surface area contributed by atoms with E-state index in [1.807, 2.05) is 23.8 Å². The Kier molecular flexibility index (Phi) is 6.33. The molecule has 1 amide bonds. The number of amides is 1. The Morgan fingerprint density at radius 2 is 1.75 bits per heavy atom. The quantitative estimate of drug-likeness (QED) is 0.394. The molecule has 0 aliphatic heterocycles. The summed E-state index contributed by atoms with van der Waals surface area (Å²) in [5.74, 6) is 0.681. The van der Waals surface area contributed by atoms with Crippen molar-refractivity contribution in [1.82, 2.24) is 10.1 Å². The minimum Gasteiger partial charge on any atom is -0.339 e. The van der Waals surface area contributed by atoms with Crippen molar-refractivity contribution in [2.45, 2.75) is 24.7 Å². The molecule has 0 bridgehead atoms. The van der Waals surface area contributed by atoms with Crippen molar-refractivity contribution in [3.8, 4) is 11.4 Å². The van der Waals surface area contributed by atoms with E-state index in [1.54, 1.807) is 59.9 Å². The Labute approximate surface area is 189 Å². The highest BCUT2D eigenvalue weighted by Crippen LogP contribution is 2.20. The number of hydrogen-bond donors (Lipinski definition) is 2. The molecule has 0 spiro atoms. The third-order valence-electron chi connectivity index (χ3n) is 4.57. The Bertz CT molecular complexity index is 1300. The standard InChI is InChI=1S/C22H20N4O4S2/c1-15-2-8-19(9-3-15)32(28,29)26-18-6-4-17(5-7-18)23-20(27)10-11-21-24-22(25-30-21)16-12-13-31-14-16/h2-9,12-14,26H,10-11H2,1H3,(H,23,27). The molecule has 8 nitrogen and oxygen atoms in total. The van der Waals surface area contributed by atoms with E-state index in [1.165, 1.54) is 0 Å². The fraction of sp³-hybridized carbons (Fsp3) is 0.136. The van der Waals surface area contributed by atoms with Crippen LogP contribution in [-0.2, 0) is 21.2 Å². The Morgan fingerprint density at radius 1 is 1.03 bits per heavy atom. The van der Waals surface area contributed by atoms with Gasteiger partial charge in [0.2, 0.25) is 17.6 Å². The fourth-order valence-electron chi connectivity index (χ4n) is 2.86. The molecular weight excluding hydrogens is 448 g/mol. The number of anilines is 2. The van der Waals surface area contributed by atoms with Crippen molar-refractivity contribution in [1.29, 1.82) is 0 Å². The summed E-state index contributed by atoms with van der Waals surface area (Å²) in [6.45, 7) is 1.89. The highest BCUT2D eigenvalue weighted by molar-refractivity contribution is 7.92. The van der Waals surface area contributed by atoms with Gasteiger partial charge in [-0.05, 0) is 54.8 Å². The van der Waals surface area contributed by atoms with E-state index in [4.69, 9.17) is 4.52 Å². The molecule has 2 N–H and O–H groups in total. The minimum absolute atomic E-state index is 0.174. The summed E-state index contributed by atoms with van der Waals surface area (Å²) in [5, 5.41) is 10.5. The van der Waals surface area contributed by atoms with Gasteiger partial charge in [0.1, 0.15) is 0 Å². The number of hydrogen-bond acceptors (Lipinski definition) is 7. The summed E-state index contributed by atoms with van der Waals surface area (Å²) < 4.78 is 32.7. The van der Waals surface area contributed by atoms with Gasteiger partial charge in [0.25, 0.3) is 10.0 Å². The molecule has 4 aromatic rings. The molecule has 0 saturated heterocycles. The summed E-state index contributed by atoms with van der Waals surface area (Å²) in [7, 11) is -3.68. The lowest BCUT2D eigenvalue weighted by Gasteiger charge is -2.10. The van der Waals surface area contributed by atoms with Gasteiger partial charge in [0, 0.05) is 35.2 Å². The van der Waals surface area contributed by atoms with E-state index < -0.39 is 10.0 Å². The molecule has 0 fully saturated rings. The van der Waals surface area contributed by atoms with Gasteiger partial charge in [-0.3, -0.25) is 9.52 Å². The number of aromatic nitrogens is 2. The molecule has 0 radical (unpaired) electrons. The highest BCUT2D eigenvalue weighted by atomic mass is 32.2. The van der Waals surface area contributed by atoms with Crippen LogP contribution in [0.2, 0.25) is 0 Å². The first kappa shape index (κ1) is 21.7.